The number of hydrogen-bond donors (Lipinski definition) is 1. The zero-order valence-electron chi connectivity index (χ0n) is 9.29. The molecule has 9 heteroatoms. The largest absolute Gasteiger partial charge is 0.435 e. The molecular formula is C10H8F3N3O2S. The highest BCUT2D eigenvalue weighted by Crippen LogP contribution is 2.27. The van der Waals surface area contributed by atoms with Gasteiger partial charge in [0.1, 0.15) is 0 Å². The summed E-state index contributed by atoms with van der Waals surface area (Å²) in [5.74, 6) is 0. The molecule has 102 valence electrons. The van der Waals surface area contributed by atoms with Gasteiger partial charge in [0.25, 0.3) is 0 Å². The van der Waals surface area contributed by atoms with Crippen molar-refractivity contribution in [1.29, 1.82) is 0 Å². The highest BCUT2D eigenvalue weighted by Gasteiger charge is 2.33. The van der Waals surface area contributed by atoms with Gasteiger partial charge in [0.05, 0.1) is 10.6 Å². The first kappa shape index (κ1) is 13.6. The van der Waals surface area contributed by atoms with Crippen LogP contribution in [-0.4, -0.2) is 18.2 Å². The molecule has 1 aromatic heterocycles. The minimum atomic E-state index is -4.52. The van der Waals surface area contributed by atoms with Gasteiger partial charge in [-0.15, -0.1) is 0 Å². The SMILES string of the molecule is NS(=O)(=O)c1ccc(-n2ccc(C(F)(F)F)n2)cc1. The van der Waals surface area contributed by atoms with Crippen molar-refractivity contribution in [3.05, 3.63) is 42.2 Å². The molecule has 0 aliphatic rings. The van der Waals surface area contributed by atoms with Crippen molar-refractivity contribution in [3.8, 4) is 5.69 Å². The smallest absolute Gasteiger partial charge is 0.240 e. The van der Waals surface area contributed by atoms with E-state index in [0.717, 1.165) is 16.9 Å². The van der Waals surface area contributed by atoms with E-state index in [1.165, 1.54) is 24.3 Å². The fraction of sp³-hybridized carbons (Fsp3) is 0.100. The fourth-order valence-corrected chi connectivity index (χ4v) is 1.92. The molecule has 0 fully saturated rings. The first-order valence-corrected chi connectivity index (χ1v) is 6.49. The lowest BCUT2D eigenvalue weighted by molar-refractivity contribution is -0.141. The highest BCUT2D eigenvalue weighted by molar-refractivity contribution is 7.89. The number of sulfonamides is 1. The third-order valence-electron chi connectivity index (χ3n) is 2.31. The van der Waals surface area contributed by atoms with Crippen LogP contribution in [0.5, 0.6) is 0 Å². The molecule has 0 bridgehead atoms. The molecule has 2 N–H and O–H groups in total. The van der Waals surface area contributed by atoms with E-state index < -0.39 is 21.9 Å². The van der Waals surface area contributed by atoms with Crippen molar-refractivity contribution in [3.63, 3.8) is 0 Å². The molecule has 19 heavy (non-hydrogen) atoms. The Morgan fingerprint density at radius 2 is 1.68 bits per heavy atom. The number of rotatable bonds is 2. The van der Waals surface area contributed by atoms with Crippen LogP contribution in [-0.2, 0) is 16.2 Å². The highest BCUT2D eigenvalue weighted by atomic mass is 32.2. The Bertz CT molecular complexity index is 690. The second kappa shape index (κ2) is 4.35. The van der Waals surface area contributed by atoms with Crippen LogP contribution in [0.25, 0.3) is 5.69 Å². The lowest BCUT2D eigenvalue weighted by Gasteiger charge is -2.04. The van der Waals surface area contributed by atoms with Crippen LogP contribution in [0.2, 0.25) is 0 Å². The predicted octanol–water partition coefficient (Wildman–Crippen LogP) is 1.54. The topological polar surface area (TPSA) is 78.0 Å². The van der Waals surface area contributed by atoms with E-state index >= 15 is 0 Å². The molecule has 0 amide bonds. The number of nitrogens with zero attached hydrogens (tertiary/aromatic N) is 2. The molecule has 1 heterocycles. The summed E-state index contributed by atoms with van der Waals surface area (Å²) in [5, 5.41) is 8.26. The molecule has 0 saturated heterocycles. The van der Waals surface area contributed by atoms with E-state index in [-0.39, 0.29) is 4.90 Å². The third kappa shape index (κ3) is 2.93. The predicted molar refractivity (Wildman–Crippen MR) is 59.9 cm³/mol. The molecule has 2 aromatic rings. The summed E-state index contributed by atoms with van der Waals surface area (Å²) in [7, 11) is -3.83. The van der Waals surface area contributed by atoms with E-state index in [1.807, 2.05) is 0 Å². The van der Waals surface area contributed by atoms with E-state index in [9.17, 15) is 21.6 Å². The van der Waals surface area contributed by atoms with Crippen LogP contribution in [0.1, 0.15) is 5.69 Å². The van der Waals surface area contributed by atoms with Crippen molar-refractivity contribution in [2.75, 3.05) is 0 Å². The Morgan fingerprint density at radius 3 is 2.11 bits per heavy atom. The van der Waals surface area contributed by atoms with Crippen molar-refractivity contribution >= 4 is 10.0 Å². The van der Waals surface area contributed by atoms with Gasteiger partial charge in [-0.25, -0.2) is 18.2 Å². The number of nitrogens with two attached hydrogens (primary N) is 1. The van der Waals surface area contributed by atoms with E-state index in [2.05, 4.69) is 5.10 Å². The minimum Gasteiger partial charge on any atom is -0.240 e. The summed E-state index contributed by atoms with van der Waals surface area (Å²) in [5.41, 5.74) is -0.731. The number of alkyl halides is 3. The van der Waals surface area contributed by atoms with Crippen LogP contribution >= 0.6 is 0 Å². The van der Waals surface area contributed by atoms with E-state index in [0.29, 0.717) is 5.69 Å². The maximum Gasteiger partial charge on any atom is 0.435 e. The molecule has 0 aliphatic carbocycles. The summed E-state index contributed by atoms with van der Waals surface area (Å²) in [6.45, 7) is 0. The van der Waals surface area contributed by atoms with Gasteiger partial charge in [0.2, 0.25) is 10.0 Å². The van der Waals surface area contributed by atoms with Gasteiger partial charge in [-0.1, -0.05) is 0 Å². The van der Waals surface area contributed by atoms with Crippen molar-refractivity contribution in [2.45, 2.75) is 11.1 Å². The average molecular weight is 291 g/mol. The Labute approximate surface area is 106 Å². The molecule has 0 spiro atoms. The molecule has 1 aromatic carbocycles. The maximum absolute atomic E-state index is 12.4. The number of halogens is 3. The van der Waals surface area contributed by atoms with Crippen molar-refractivity contribution in [1.82, 2.24) is 9.78 Å². The van der Waals surface area contributed by atoms with Gasteiger partial charge >= 0.3 is 6.18 Å². The van der Waals surface area contributed by atoms with Crippen molar-refractivity contribution in [2.24, 2.45) is 5.14 Å². The summed E-state index contributed by atoms with van der Waals surface area (Å²) in [6, 6.07) is 5.84. The Hall–Kier alpha value is -1.87. The Balaban J connectivity index is 2.36. The van der Waals surface area contributed by atoms with Gasteiger partial charge in [0, 0.05) is 6.20 Å². The molecule has 2 rings (SSSR count). The van der Waals surface area contributed by atoms with E-state index in [1.54, 1.807) is 0 Å². The minimum absolute atomic E-state index is 0.126. The number of aromatic nitrogens is 2. The third-order valence-corrected chi connectivity index (χ3v) is 3.24. The van der Waals surface area contributed by atoms with E-state index in [4.69, 9.17) is 5.14 Å². The normalized spacial score (nSPS) is 12.6. The fourth-order valence-electron chi connectivity index (χ4n) is 1.41. The molecule has 0 saturated carbocycles. The lowest BCUT2D eigenvalue weighted by Crippen LogP contribution is -2.12. The number of hydrogen-bond acceptors (Lipinski definition) is 3. The standard InChI is InChI=1S/C10H8F3N3O2S/c11-10(12,13)9-5-6-16(15-9)7-1-3-8(4-2-7)19(14,17)18/h1-6H,(H2,14,17,18). The maximum atomic E-state index is 12.4. The molecule has 0 unspecified atom stereocenters. The summed E-state index contributed by atoms with van der Waals surface area (Å²) < 4.78 is 60.1. The first-order chi connectivity index (χ1) is 8.68. The van der Waals surface area contributed by atoms with Crippen LogP contribution < -0.4 is 5.14 Å². The molecular weight excluding hydrogens is 283 g/mol. The van der Waals surface area contributed by atoms with Gasteiger partial charge in [-0.2, -0.15) is 18.3 Å². The van der Waals surface area contributed by atoms with Gasteiger partial charge < -0.3 is 0 Å². The summed E-state index contributed by atoms with van der Waals surface area (Å²) >= 11 is 0. The molecule has 0 aliphatic heterocycles. The van der Waals surface area contributed by atoms with Gasteiger partial charge in [0.15, 0.2) is 5.69 Å². The van der Waals surface area contributed by atoms with Crippen LogP contribution in [0.3, 0.4) is 0 Å². The summed E-state index contributed by atoms with van der Waals surface area (Å²) in [4.78, 5) is -0.126. The zero-order valence-corrected chi connectivity index (χ0v) is 10.1. The monoisotopic (exact) mass is 291 g/mol. The summed E-state index contributed by atoms with van der Waals surface area (Å²) in [6.07, 6.45) is -3.39. The number of benzene rings is 1. The molecule has 0 radical (unpaired) electrons. The Kier molecular flexibility index (Phi) is 3.11. The average Bonchev–Trinajstić information content (AvgIpc) is 2.77. The second-order valence-electron chi connectivity index (χ2n) is 3.68. The Morgan fingerprint density at radius 1 is 1.11 bits per heavy atom. The van der Waals surface area contributed by atoms with Crippen molar-refractivity contribution < 1.29 is 21.6 Å². The zero-order chi connectivity index (χ0) is 14.3. The number of primary sulfonamides is 1. The molecule has 5 nitrogen and oxygen atoms in total. The van der Waals surface area contributed by atoms with Crippen LogP contribution in [0.4, 0.5) is 13.2 Å². The lowest BCUT2D eigenvalue weighted by atomic mass is 10.3. The second-order valence-corrected chi connectivity index (χ2v) is 5.24. The quantitative estimate of drug-likeness (QED) is 0.911. The first-order valence-electron chi connectivity index (χ1n) is 4.94. The molecule has 0 atom stereocenters. The van der Waals surface area contributed by atoms with Crippen LogP contribution in [0.15, 0.2) is 41.4 Å². The van der Waals surface area contributed by atoms with Gasteiger partial charge in [-0.05, 0) is 30.3 Å². The van der Waals surface area contributed by atoms with Gasteiger partial charge in [-0.3, -0.25) is 0 Å². The van der Waals surface area contributed by atoms with Crippen LogP contribution in [0, 0.1) is 0 Å².